The van der Waals surface area contributed by atoms with Gasteiger partial charge >= 0.3 is 12.3 Å². The number of halogens is 4. The number of hydrogen-bond donors (Lipinski definition) is 1. The summed E-state index contributed by atoms with van der Waals surface area (Å²) in [5, 5.41) is 0.740. The molecule has 0 aliphatic rings. The third kappa shape index (κ3) is 4.27. The van der Waals surface area contributed by atoms with Crippen LogP contribution in [0.5, 0.6) is 5.75 Å². The highest BCUT2D eigenvalue weighted by Gasteiger charge is 2.41. The predicted octanol–water partition coefficient (Wildman–Crippen LogP) is 4.84. The molecule has 1 N–H and O–H groups in total. The molecule has 3 rings (SSSR count). The highest BCUT2D eigenvalue weighted by atomic mass is 32.2. The van der Waals surface area contributed by atoms with E-state index in [-0.39, 0.29) is 5.75 Å². The van der Waals surface area contributed by atoms with Crippen molar-refractivity contribution >= 4 is 22.8 Å². The van der Waals surface area contributed by atoms with E-state index in [9.17, 15) is 17.6 Å². The molecule has 4 nitrogen and oxygen atoms in total. The Kier molecular flexibility index (Phi) is 5.36. The third-order valence-electron chi connectivity index (χ3n) is 3.63. The van der Waals surface area contributed by atoms with Crippen LogP contribution < -0.4 is 4.74 Å². The van der Waals surface area contributed by atoms with Crippen LogP contribution in [0.4, 0.5) is 17.6 Å². The lowest BCUT2D eigenvalue weighted by molar-refractivity contribution is -0.148. The van der Waals surface area contributed by atoms with Gasteiger partial charge in [0.25, 0.3) is 0 Å². The topological polar surface area (TPSA) is 50.8 Å². The maximum atomic E-state index is 12.9. The number of rotatable bonds is 7. The number of aromatic amines is 1. The van der Waals surface area contributed by atoms with E-state index in [1.165, 1.54) is 24.0 Å². The fourth-order valence-corrected chi connectivity index (χ4v) is 3.11. The van der Waals surface area contributed by atoms with Crippen LogP contribution in [0.3, 0.4) is 0 Å². The molecule has 0 aliphatic heterocycles. The largest absolute Gasteiger partial charge is 0.485 e. The number of alkyl halides is 4. The third-order valence-corrected chi connectivity index (χ3v) is 4.51. The van der Waals surface area contributed by atoms with Crippen molar-refractivity contribution in [2.45, 2.75) is 30.2 Å². The highest BCUT2D eigenvalue weighted by molar-refractivity contribution is 7.98. The second-order valence-electron chi connectivity index (χ2n) is 5.63. The van der Waals surface area contributed by atoms with E-state index < -0.39 is 19.0 Å². The maximum absolute atomic E-state index is 12.9. The van der Waals surface area contributed by atoms with Gasteiger partial charge in [-0.15, -0.1) is 0 Å². The molecule has 2 aromatic heterocycles. The van der Waals surface area contributed by atoms with Crippen LogP contribution in [0.1, 0.15) is 11.3 Å². The quantitative estimate of drug-likeness (QED) is 0.467. The Balaban J connectivity index is 1.62. The van der Waals surface area contributed by atoms with Crippen molar-refractivity contribution < 1.29 is 22.3 Å². The molecule has 0 aliphatic carbocycles. The van der Waals surface area contributed by atoms with Crippen molar-refractivity contribution in [3.05, 3.63) is 47.8 Å². The van der Waals surface area contributed by atoms with Crippen molar-refractivity contribution in [2.75, 3.05) is 6.61 Å². The SMILES string of the molecule is Cc1cc(OCC(F)(F)C(F)F)cnc1CSc1nc2ccccc2[nH]1. The fraction of sp³-hybridized carbons (Fsp3) is 0.294. The molecular weight excluding hydrogens is 370 g/mol. The highest BCUT2D eigenvalue weighted by Crippen LogP contribution is 2.27. The van der Waals surface area contributed by atoms with Gasteiger partial charge in [-0.2, -0.15) is 8.78 Å². The number of fused-ring (bicyclic) bond motifs is 1. The number of nitrogens with one attached hydrogen (secondary N) is 1. The predicted molar refractivity (Wildman–Crippen MR) is 91.1 cm³/mol. The van der Waals surface area contributed by atoms with E-state index in [4.69, 9.17) is 4.74 Å². The van der Waals surface area contributed by atoms with Crippen LogP contribution in [0.2, 0.25) is 0 Å². The molecule has 0 amide bonds. The standard InChI is InChI=1S/C17H15F4N3OS/c1-10-6-11(25-9-17(20,21)15(18)19)7-22-14(10)8-26-16-23-12-4-2-3-5-13(12)24-16/h2-7,15H,8-9H2,1H3,(H,23,24). The molecule has 26 heavy (non-hydrogen) atoms. The zero-order chi connectivity index (χ0) is 18.7. The van der Waals surface area contributed by atoms with Crippen LogP contribution >= 0.6 is 11.8 Å². The van der Waals surface area contributed by atoms with Crippen molar-refractivity contribution in [3.8, 4) is 5.75 Å². The second-order valence-corrected chi connectivity index (χ2v) is 6.60. The number of aryl methyl sites for hydroxylation is 1. The molecule has 0 saturated heterocycles. The number of aromatic nitrogens is 3. The summed E-state index contributed by atoms with van der Waals surface area (Å²) >= 11 is 1.45. The Morgan fingerprint density at radius 1 is 1.27 bits per heavy atom. The number of thioether (sulfide) groups is 1. The molecule has 0 atom stereocenters. The molecule has 2 heterocycles. The maximum Gasteiger partial charge on any atom is 0.340 e. The summed E-state index contributed by atoms with van der Waals surface area (Å²) in [4.78, 5) is 11.8. The van der Waals surface area contributed by atoms with E-state index in [0.717, 1.165) is 21.9 Å². The van der Waals surface area contributed by atoms with E-state index in [1.54, 1.807) is 6.92 Å². The van der Waals surface area contributed by atoms with Gasteiger partial charge in [-0.25, -0.2) is 13.8 Å². The molecule has 0 unspecified atom stereocenters. The van der Waals surface area contributed by atoms with Gasteiger partial charge in [0.05, 0.1) is 22.9 Å². The Morgan fingerprint density at radius 3 is 2.73 bits per heavy atom. The van der Waals surface area contributed by atoms with Crippen molar-refractivity contribution in [1.29, 1.82) is 0 Å². The van der Waals surface area contributed by atoms with E-state index in [2.05, 4.69) is 15.0 Å². The molecule has 0 bridgehead atoms. The van der Waals surface area contributed by atoms with Crippen LogP contribution in [0.15, 0.2) is 41.7 Å². The zero-order valence-electron chi connectivity index (χ0n) is 13.7. The van der Waals surface area contributed by atoms with Gasteiger partial charge in [0, 0.05) is 5.75 Å². The summed E-state index contributed by atoms with van der Waals surface area (Å²) < 4.78 is 54.8. The smallest absolute Gasteiger partial charge is 0.340 e. The van der Waals surface area contributed by atoms with Gasteiger partial charge in [0.15, 0.2) is 11.8 Å². The average Bonchev–Trinajstić information content (AvgIpc) is 3.02. The molecule has 3 aromatic rings. The summed E-state index contributed by atoms with van der Waals surface area (Å²) in [5.74, 6) is -3.65. The van der Waals surface area contributed by atoms with Crippen LogP contribution in [-0.2, 0) is 5.75 Å². The molecule has 0 spiro atoms. The summed E-state index contributed by atoms with van der Waals surface area (Å²) in [7, 11) is 0. The number of H-pyrrole nitrogens is 1. The summed E-state index contributed by atoms with van der Waals surface area (Å²) in [6, 6.07) is 9.15. The molecular formula is C17H15F4N3OS. The molecule has 0 saturated carbocycles. The molecule has 0 radical (unpaired) electrons. The van der Waals surface area contributed by atoms with Crippen LogP contribution in [0.25, 0.3) is 11.0 Å². The second kappa shape index (κ2) is 7.53. The number of para-hydroxylation sites is 2. The minimum Gasteiger partial charge on any atom is -0.485 e. The number of hydrogen-bond acceptors (Lipinski definition) is 4. The summed E-state index contributed by atoms with van der Waals surface area (Å²) in [6.45, 7) is 0.360. The molecule has 0 fully saturated rings. The zero-order valence-corrected chi connectivity index (χ0v) is 14.5. The van der Waals surface area contributed by atoms with Gasteiger partial charge in [-0.3, -0.25) is 4.98 Å². The average molecular weight is 385 g/mol. The Bertz CT molecular complexity index is 868. The minimum absolute atomic E-state index is 0.0281. The van der Waals surface area contributed by atoms with Crippen LogP contribution in [-0.4, -0.2) is 33.9 Å². The van der Waals surface area contributed by atoms with Crippen LogP contribution in [0, 0.1) is 6.92 Å². The first-order chi connectivity index (χ1) is 12.3. The molecule has 138 valence electrons. The Hall–Kier alpha value is -2.29. The van der Waals surface area contributed by atoms with E-state index in [0.29, 0.717) is 11.3 Å². The van der Waals surface area contributed by atoms with Gasteiger partial charge in [0.1, 0.15) is 5.75 Å². The molecule has 1 aromatic carbocycles. The van der Waals surface area contributed by atoms with Gasteiger partial charge in [-0.1, -0.05) is 23.9 Å². The summed E-state index contributed by atoms with van der Waals surface area (Å²) in [6.07, 6.45) is -2.51. The lowest BCUT2D eigenvalue weighted by Gasteiger charge is -2.16. The molecule has 9 heteroatoms. The first-order valence-corrected chi connectivity index (χ1v) is 8.65. The van der Waals surface area contributed by atoms with E-state index in [1.807, 2.05) is 24.3 Å². The number of pyridine rings is 1. The Morgan fingerprint density at radius 2 is 2.04 bits per heavy atom. The van der Waals surface area contributed by atoms with Gasteiger partial charge in [-0.05, 0) is 30.7 Å². The first kappa shape index (κ1) is 18.5. The van der Waals surface area contributed by atoms with Crippen molar-refractivity contribution in [1.82, 2.24) is 15.0 Å². The number of nitrogens with zero attached hydrogens (tertiary/aromatic N) is 2. The number of benzene rings is 1. The summed E-state index contributed by atoms with van der Waals surface area (Å²) in [5.41, 5.74) is 3.24. The monoisotopic (exact) mass is 385 g/mol. The first-order valence-electron chi connectivity index (χ1n) is 7.67. The fourth-order valence-electron chi connectivity index (χ4n) is 2.18. The number of imidazole rings is 1. The Labute approximate surface area is 151 Å². The van der Waals surface area contributed by atoms with Gasteiger partial charge in [0.2, 0.25) is 0 Å². The van der Waals surface area contributed by atoms with Gasteiger partial charge < -0.3 is 9.72 Å². The van der Waals surface area contributed by atoms with Crippen molar-refractivity contribution in [2.24, 2.45) is 0 Å². The minimum atomic E-state index is -4.19. The van der Waals surface area contributed by atoms with Crippen molar-refractivity contribution in [3.63, 3.8) is 0 Å². The van der Waals surface area contributed by atoms with E-state index >= 15 is 0 Å². The lowest BCUT2D eigenvalue weighted by atomic mass is 10.2. The number of ether oxygens (including phenoxy) is 1. The normalized spacial score (nSPS) is 12.1. The lowest BCUT2D eigenvalue weighted by Crippen LogP contribution is -2.33.